The quantitative estimate of drug-likeness (QED) is 0.744. The van der Waals surface area contributed by atoms with Gasteiger partial charge in [-0.2, -0.15) is 0 Å². The number of nitrogens with one attached hydrogen (secondary N) is 2. The third-order valence-corrected chi connectivity index (χ3v) is 4.08. The van der Waals surface area contributed by atoms with Gasteiger partial charge in [-0.15, -0.1) is 11.3 Å². The van der Waals surface area contributed by atoms with E-state index in [9.17, 15) is 9.59 Å². The molecule has 0 bridgehead atoms. The van der Waals surface area contributed by atoms with Crippen molar-refractivity contribution in [2.24, 2.45) is 5.73 Å². The Kier molecular flexibility index (Phi) is 6.09. The van der Waals surface area contributed by atoms with Gasteiger partial charge in [0.05, 0.1) is 11.3 Å². The number of hydrogen-bond acceptors (Lipinski definition) is 5. The van der Waals surface area contributed by atoms with Crippen molar-refractivity contribution >= 4 is 40.4 Å². The molecule has 0 spiro atoms. The van der Waals surface area contributed by atoms with Gasteiger partial charge in [-0.3, -0.25) is 9.59 Å². The van der Waals surface area contributed by atoms with Gasteiger partial charge in [0.25, 0.3) is 11.8 Å². The second kappa shape index (κ2) is 8.05. The van der Waals surface area contributed by atoms with Crippen LogP contribution in [-0.4, -0.2) is 23.3 Å². The topological polar surface area (TPSA) is 97.1 Å². The lowest BCUT2D eigenvalue weighted by molar-refractivity contribution is 0.0954. The standard InChI is InChI=1S/C15H17ClN4O2S/c1-2-5-18-14(21)10-4-3-9(16)6-11(10)20-15(22)12-8-23-13(7-17)19-12/h3-4,6,8H,2,5,7,17H2,1H3,(H,18,21)(H,20,22). The number of hydrogen-bond donors (Lipinski definition) is 3. The van der Waals surface area contributed by atoms with Crippen LogP contribution in [0.2, 0.25) is 5.02 Å². The van der Waals surface area contributed by atoms with Crippen molar-refractivity contribution in [3.05, 3.63) is 44.9 Å². The van der Waals surface area contributed by atoms with E-state index in [1.807, 2.05) is 6.92 Å². The van der Waals surface area contributed by atoms with Crippen LogP contribution in [0.15, 0.2) is 23.6 Å². The van der Waals surface area contributed by atoms with Crippen LogP contribution in [0, 0.1) is 0 Å². The average molecular weight is 353 g/mol. The molecule has 0 saturated heterocycles. The maximum atomic E-state index is 12.3. The molecule has 122 valence electrons. The highest BCUT2D eigenvalue weighted by Gasteiger charge is 2.16. The maximum Gasteiger partial charge on any atom is 0.275 e. The minimum Gasteiger partial charge on any atom is -0.352 e. The van der Waals surface area contributed by atoms with E-state index in [1.165, 1.54) is 17.4 Å². The molecule has 0 saturated carbocycles. The molecule has 1 aromatic carbocycles. The SMILES string of the molecule is CCCNC(=O)c1ccc(Cl)cc1NC(=O)c1csc(CN)n1. The van der Waals surface area contributed by atoms with Crippen molar-refractivity contribution in [3.8, 4) is 0 Å². The molecule has 0 radical (unpaired) electrons. The molecule has 23 heavy (non-hydrogen) atoms. The normalized spacial score (nSPS) is 10.4. The minimum atomic E-state index is -0.409. The number of halogens is 1. The molecule has 0 atom stereocenters. The summed E-state index contributed by atoms with van der Waals surface area (Å²) in [5.74, 6) is -0.674. The summed E-state index contributed by atoms with van der Waals surface area (Å²) in [7, 11) is 0. The Labute approximate surface area is 143 Å². The second-order valence-corrected chi connectivity index (χ2v) is 6.11. The molecule has 8 heteroatoms. The van der Waals surface area contributed by atoms with Crippen LogP contribution in [-0.2, 0) is 6.54 Å². The molecule has 2 aromatic rings. The Balaban J connectivity index is 2.22. The number of carbonyl (C=O) groups excluding carboxylic acids is 2. The van der Waals surface area contributed by atoms with Crippen LogP contribution in [0.5, 0.6) is 0 Å². The smallest absolute Gasteiger partial charge is 0.275 e. The summed E-state index contributed by atoms with van der Waals surface area (Å²) in [5.41, 5.74) is 6.45. The molecule has 0 unspecified atom stereocenters. The lowest BCUT2D eigenvalue weighted by atomic mass is 10.1. The number of carbonyl (C=O) groups is 2. The molecule has 1 heterocycles. The van der Waals surface area contributed by atoms with Crippen molar-refractivity contribution in [2.75, 3.05) is 11.9 Å². The largest absolute Gasteiger partial charge is 0.352 e. The number of nitrogens with zero attached hydrogens (tertiary/aromatic N) is 1. The van der Waals surface area contributed by atoms with Crippen LogP contribution in [0.25, 0.3) is 0 Å². The highest BCUT2D eigenvalue weighted by atomic mass is 35.5. The third-order valence-electron chi connectivity index (χ3n) is 2.97. The summed E-state index contributed by atoms with van der Waals surface area (Å²) >= 11 is 7.28. The molecule has 0 aliphatic heterocycles. The Hall–Kier alpha value is -1.96. The Bertz CT molecular complexity index is 717. The fraction of sp³-hybridized carbons (Fsp3) is 0.267. The first-order chi connectivity index (χ1) is 11.0. The fourth-order valence-corrected chi connectivity index (χ4v) is 2.67. The maximum absolute atomic E-state index is 12.3. The first-order valence-electron chi connectivity index (χ1n) is 7.08. The van der Waals surface area contributed by atoms with Crippen molar-refractivity contribution < 1.29 is 9.59 Å². The summed E-state index contributed by atoms with van der Waals surface area (Å²) in [6.45, 7) is 2.79. The molecule has 0 fully saturated rings. The van der Waals surface area contributed by atoms with Crippen LogP contribution in [0.4, 0.5) is 5.69 Å². The molecule has 0 aliphatic carbocycles. The number of anilines is 1. The number of aromatic nitrogens is 1. The first kappa shape index (κ1) is 17.4. The lowest BCUT2D eigenvalue weighted by Crippen LogP contribution is -2.26. The van der Waals surface area contributed by atoms with Crippen LogP contribution in [0.1, 0.15) is 39.2 Å². The van der Waals surface area contributed by atoms with Gasteiger partial charge in [0, 0.05) is 23.5 Å². The van der Waals surface area contributed by atoms with Gasteiger partial charge in [-0.05, 0) is 24.6 Å². The third kappa shape index (κ3) is 4.51. The lowest BCUT2D eigenvalue weighted by Gasteiger charge is -2.11. The summed E-state index contributed by atoms with van der Waals surface area (Å²) in [4.78, 5) is 28.5. The first-order valence-corrected chi connectivity index (χ1v) is 8.34. The Morgan fingerprint density at radius 2 is 2.13 bits per heavy atom. The summed E-state index contributed by atoms with van der Waals surface area (Å²) in [6, 6.07) is 4.72. The number of rotatable bonds is 6. The van der Waals surface area contributed by atoms with E-state index in [0.717, 1.165) is 6.42 Å². The van der Waals surface area contributed by atoms with Crippen LogP contribution >= 0.6 is 22.9 Å². The fourth-order valence-electron chi connectivity index (χ4n) is 1.85. The minimum absolute atomic E-state index is 0.260. The van der Waals surface area contributed by atoms with Crippen molar-refractivity contribution in [1.29, 1.82) is 0 Å². The summed E-state index contributed by atoms with van der Waals surface area (Å²) in [6.07, 6.45) is 0.821. The van der Waals surface area contributed by atoms with Gasteiger partial charge in [-0.1, -0.05) is 18.5 Å². The van der Waals surface area contributed by atoms with Crippen LogP contribution < -0.4 is 16.4 Å². The van der Waals surface area contributed by atoms with Gasteiger partial charge >= 0.3 is 0 Å². The highest BCUT2D eigenvalue weighted by Crippen LogP contribution is 2.22. The average Bonchev–Trinajstić information content (AvgIpc) is 3.02. The number of thiazole rings is 1. The molecule has 2 rings (SSSR count). The van der Waals surface area contributed by atoms with Gasteiger partial charge in [0.2, 0.25) is 0 Å². The second-order valence-electron chi connectivity index (χ2n) is 4.73. The van der Waals surface area contributed by atoms with Crippen molar-refractivity contribution in [1.82, 2.24) is 10.3 Å². The van der Waals surface area contributed by atoms with E-state index in [2.05, 4.69) is 15.6 Å². The highest BCUT2D eigenvalue weighted by molar-refractivity contribution is 7.09. The molecule has 0 aliphatic rings. The molecule has 6 nitrogen and oxygen atoms in total. The van der Waals surface area contributed by atoms with E-state index in [0.29, 0.717) is 27.8 Å². The number of amides is 2. The molecule has 2 amide bonds. The summed E-state index contributed by atoms with van der Waals surface area (Å²) < 4.78 is 0. The van der Waals surface area contributed by atoms with E-state index < -0.39 is 5.91 Å². The predicted molar refractivity (Wildman–Crippen MR) is 92.0 cm³/mol. The molecular weight excluding hydrogens is 336 g/mol. The van der Waals surface area contributed by atoms with Gasteiger partial charge in [0.15, 0.2) is 0 Å². The van der Waals surface area contributed by atoms with E-state index in [4.69, 9.17) is 17.3 Å². The zero-order valence-corrected chi connectivity index (χ0v) is 14.1. The van der Waals surface area contributed by atoms with E-state index in [1.54, 1.807) is 17.5 Å². The molecule has 1 aromatic heterocycles. The van der Waals surface area contributed by atoms with Gasteiger partial charge < -0.3 is 16.4 Å². The zero-order valence-electron chi connectivity index (χ0n) is 12.6. The monoisotopic (exact) mass is 352 g/mol. The number of nitrogens with two attached hydrogens (primary N) is 1. The Morgan fingerprint density at radius 3 is 2.78 bits per heavy atom. The molecule has 4 N–H and O–H groups in total. The van der Waals surface area contributed by atoms with Crippen molar-refractivity contribution in [3.63, 3.8) is 0 Å². The number of benzene rings is 1. The molecular formula is C15H17ClN4O2S. The zero-order chi connectivity index (χ0) is 16.8. The van der Waals surface area contributed by atoms with Crippen molar-refractivity contribution in [2.45, 2.75) is 19.9 Å². The Morgan fingerprint density at radius 1 is 1.35 bits per heavy atom. The van der Waals surface area contributed by atoms with Crippen LogP contribution in [0.3, 0.4) is 0 Å². The van der Waals surface area contributed by atoms with Gasteiger partial charge in [0.1, 0.15) is 10.7 Å². The van der Waals surface area contributed by atoms with Gasteiger partial charge in [-0.25, -0.2) is 4.98 Å². The summed E-state index contributed by atoms with van der Waals surface area (Å²) in [5, 5.41) is 8.17. The van der Waals surface area contributed by atoms with E-state index >= 15 is 0 Å². The predicted octanol–water partition coefficient (Wildman–Crippen LogP) is 2.65. The van der Waals surface area contributed by atoms with E-state index in [-0.39, 0.29) is 18.1 Å².